The van der Waals surface area contributed by atoms with Crippen LogP contribution in [-0.2, 0) is 4.79 Å². The number of pyridine rings is 1. The first-order valence-corrected chi connectivity index (χ1v) is 4.47. The van der Waals surface area contributed by atoms with E-state index in [0.29, 0.717) is 6.42 Å². The van der Waals surface area contributed by atoms with Gasteiger partial charge in [-0.15, -0.1) is 0 Å². The van der Waals surface area contributed by atoms with Gasteiger partial charge in [-0.25, -0.2) is 0 Å². The van der Waals surface area contributed by atoms with E-state index in [0.717, 1.165) is 5.56 Å². The second-order valence-corrected chi connectivity index (χ2v) is 3.39. The molecule has 0 saturated carbocycles. The van der Waals surface area contributed by atoms with Gasteiger partial charge in [0.1, 0.15) is 0 Å². The molecule has 1 aromatic rings. The summed E-state index contributed by atoms with van der Waals surface area (Å²) in [5.74, 6) is 0.0290. The van der Waals surface area contributed by atoms with Gasteiger partial charge in [-0.3, -0.25) is 9.78 Å². The fraction of sp³-hybridized carbons (Fsp3) is 0.400. The fourth-order valence-corrected chi connectivity index (χ4v) is 1.08. The summed E-state index contributed by atoms with van der Waals surface area (Å²) in [6.07, 6.45) is 3.69. The van der Waals surface area contributed by atoms with Crippen LogP contribution < -0.4 is 5.73 Å². The van der Waals surface area contributed by atoms with E-state index in [2.05, 4.69) is 4.98 Å². The summed E-state index contributed by atoms with van der Waals surface area (Å²) in [6.45, 7) is 0. The van der Waals surface area contributed by atoms with E-state index < -0.39 is 0 Å². The van der Waals surface area contributed by atoms with Crippen LogP contribution in [0.4, 0.5) is 0 Å². The molecule has 0 spiro atoms. The highest BCUT2D eigenvalue weighted by molar-refractivity contribution is 5.76. The van der Waals surface area contributed by atoms with Gasteiger partial charge in [0.2, 0.25) is 5.91 Å². The summed E-state index contributed by atoms with van der Waals surface area (Å²) in [4.78, 5) is 16.8. The molecule has 4 nitrogen and oxygen atoms in total. The SMILES string of the molecule is CN(C)C(=O)CC(N)c1cccnc1. The van der Waals surface area contributed by atoms with Gasteiger partial charge in [0.05, 0.1) is 0 Å². The molecule has 0 aromatic carbocycles. The van der Waals surface area contributed by atoms with Crippen molar-refractivity contribution in [2.45, 2.75) is 12.5 Å². The van der Waals surface area contributed by atoms with E-state index in [1.807, 2.05) is 12.1 Å². The van der Waals surface area contributed by atoms with Gasteiger partial charge in [-0.05, 0) is 11.6 Å². The summed E-state index contributed by atoms with van der Waals surface area (Å²) < 4.78 is 0. The maximum atomic E-state index is 11.4. The minimum atomic E-state index is -0.265. The Labute approximate surface area is 83.7 Å². The average Bonchev–Trinajstić information content (AvgIpc) is 2.19. The summed E-state index contributed by atoms with van der Waals surface area (Å²) in [6, 6.07) is 3.43. The smallest absolute Gasteiger partial charge is 0.223 e. The van der Waals surface area contributed by atoms with Crippen molar-refractivity contribution in [2.75, 3.05) is 14.1 Å². The minimum Gasteiger partial charge on any atom is -0.349 e. The summed E-state index contributed by atoms with van der Waals surface area (Å²) in [7, 11) is 3.44. The van der Waals surface area contributed by atoms with Gasteiger partial charge < -0.3 is 10.6 Å². The van der Waals surface area contributed by atoms with Crippen LogP contribution in [0.2, 0.25) is 0 Å². The number of hydrogen-bond donors (Lipinski definition) is 1. The number of nitrogens with two attached hydrogens (primary N) is 1. The molecule has 0 aliphatic rings. The highest BCUT2D eigenvalue weighted by atomic mass is 16.2. The molecule has 0 fully saturated rings. The molecule has 1 atom stereocenters. The second-order valence-electron chi connectivity index (χ2n) is 3.39. The average molecular weight is 193 g/mol. The normalized spacial score (nSPS) is 12.2. The van der Waals surface area contributed by atoms with Gasteiger partial charge in [-0.2, -0.15) is 0 Å². The van der Waals surface area contributed by atoms with Crippen LogP contribution in [0.5, 0.6) is 0 Å². The molecule has 14 heavy (non-hydrogen) atoms. The molecule has 0 radical (unpaired) electrons. The molecular formula is C10H15N3O. The molecule has 2 N–H and O–H groups in total. The molecule has 1 aromatic heterocycles. The van der Waals surface area contributed by atoms with Crippen LogP contribution >= 0.6 is 0 Å². The van der Waals surface area contributed by atoms with Crippen LogP contribution in [0.25, 0.3) is 0 Å². The van der Waals surface area contributed by atoms with Gasteiger partial charge >= 0.3 is 0 Å². The molecule has 0 aliphatic heterocycles. The van der Waals surface area contributed by atoms with Crippen LogP contribution in [0.15, 0.2) is 24.5 Å². The molecule has 1 heterocycles. The van der Waals surface area contributed by atoms with Gasteiger partial charge in [0, 0.05) is 39.0 Å². The lowest BCUT2D eigenvalue weighted by atomic mass is 10.1. The van der Waals surface area contributed by atoms with Crippen molar-refractivity contribution in [3.8, 4) is 0 Å². The lowest BCUT2D eigenvalue weighted by Crippen LogP contribution is -2.26. The van der Waals surface area contributed by atoms with Crippen molar-refractivity contribution >= 4 is 5.91 Å². The van der Waals surface area contributed by atoms with Crippen molar-refractivity contribution in [2.24, 2.45) is 5.73 Å². The highest BCUT2D eigenvalue weighted by Gasteiger charge is 2.12. The molecular weight excluding hydrogens is 178 g/mol. The van der Waals surface area contributed by atoms with Gasteiger partial charge in [0.25, 0.3) is 0 Å². The minimum absolute atomic E-state index is 0.0290. The Hall–Kier alpha value is -1.42. The Kier molecular flexibility index (Phi) is 3.59. The standard InChI is InChI=1S/C10H15N3O/c1-13(2)10(14)6-9(11)8-4-3-5-12-7-8/h3-5,7,9H,6,11H2,1-2H3. The number of aromatic nitrogens is 1. The van der Waals surface area contributed by atoms with E-state index in [4.69, 9.17) is 5.73 Å². The fourth-order valence-electron chi connectivity index (χ4n) is 1.08. The topological polar surface area (TPSA) is 59.2 Å². The van der Waals surface area contributed by atoms with Crippen LogP contribution in [0.3, 0.4) is 0 Å². The largest absolute Gasteiger partial charge is 0.349 e. The Morgan fingerprint density at radius 1 is 1.64 bits per heavy atom. The zero-order valence-corrected chi connectivity index (χ0v) is 8.47. The number of amides is 1. The molecule has 0 saturated heterocycles. The van der Waals surface area contributed by atoms with Crippen molar-refractivity contribution in [1.82, 2.24) is 9.88 Å². The molecule has 76 valence electrons. The quantitative estimate of drug-likeness (QED) is 0.763. The third-order valence-electron chi connectivity index (χ3n) is 2.01. The Balaban J connectivity index is 2.59. The lowest BCUT2D eigenvalue weighted by molar-refractivity contribution is -0.129. The monoisotopic (exact) mass is 193 g/mol. The van der Waals surface area contributed by atoms with Crippen molar-refractivity contribution in [3.05, 3.63) is 30.1 Å². The van der Waals surface area contributed by atoms with Crippen molar-refractivity contribution in [3.63, 3.8) is 0 Å². The molecule has 0 aliphatic carbocycles. The first-order chi connectivity index (χ1) is 6.61. The zero-order chi connectivity index (χ0) is 10.6. The van der Waals surface area contributed by atoms with E-state index >= 15 is 0 Å². The van der Waals surface area contributed by atoms with E-state index in [-0.39, 0.29) is 11.9 Å². The van der Waals surface area contributed by atoms with E-state index in [1.54, 1.807) is 26.5 Å². The van der Waals surface area contributed by atoms with Crippen molar-refractivity contribution in [1.29, 1.82) is 0 Å². The second kappa shape index (κ2) is 4.72. The van der Waals surface area contributed by atoms with Crippen molar-refractivity contribution < 1.29 is 4.79 Å². The molecule has 1 rings (SSSR count). The predicted molar refractivity (Wildman–Crippen MR) is 54.5 cm³/mol. The summed E-state index contributed by atoms with van der Waals surface area (Å²) in [5.41, 5.74) is 6.74. The Bertz CT molecular complexity index is 297. The number of nitrogens with zero attached hydrogens (tertiary/aromatic N) is 2. The lowest BCUT2D eigenvalue weighted by Gasteiger charge is -2.14. The summed E-state index contributed by atoms with van der Waals surface area (Å²) >= 11 is 0. The number of rotatable bonds is 3. The third-order valence-corrected chi connectivity index (χ3v) is 2.01. The van der Waals surface area contributed by atoms with Crippen LogP contribution in [-0.4, -0.2) is 29.9 Å². The summed E-state index contributed by atoms with van der Waals surface area (Å²) in [5, 5.41) is 0. The maximum absolute atomic E-state index is 11.4. The van der Waals surface area contributed by atoms with Gasteiger partial charge in [0.15, 0.2) is 0 Å². The molecule has 1 unspecified atom stereocenters. The zero-order valence-electron chi connectivity index (χ0n) is 8.47. The van der Waals surface area contributed by atoms with Gasteiger partial charge in [-0.1, -0.05) is 6.07 Å². The molecule has 1 amide bonds. The Morgan fingerprint density at radius 2 is 2.36 bits per heavy atom. The van der Waals surface area contributed by atoms with E-state index in [1.165, 1.54) is 4.90 Å². The first-order valence-electron chi connectivity index (χ1n) is 4.47. The number of carbonyl (C=O) groups is 1. The Morgan fingerprint density at radius 3 is 2.86 bits per heavy atom. The maximum Gasteiger partial charge on any atom is 0.223 e. The molecule has 0 bridgehead atoms. The predicted octanol–water partition coefficient (Wildman–Crippen LogP) is 0.560. The third kappa shape index (κ3) is 2.81. The molecule has 4 heteroatoms. The highest BCUT2D eigenvalue weighted by Crippen LogP contribution is 2.12. The van der Waals surface area contributed by atoms with Crippen LogP contribution in [0.1, 0.15) is 18.0 Å². The van der Waals surface area contributed by atoms with Crippen LogP contribution in [0, 0.1) is 0 Å². The number of carbonyl (C=O) groups excluding carboxylic acids is 1. The number of hydrogen-bond acceptors (Lipinski definition) is 3. The first kappa shape index (κ1) is 10.7. The van der Waals surface area contributed by atoms with E-state index in [9.17, 15) is 4.79 Å².